The number of thiophene rings is 1. The van der Waals surface area contributed by atoms with Crippen LogP contribution in [0.25, 0.3) is 0 Å². The summed E-state index contributed by atoms with van der Waals surface area (Å²) in [5.74, 6) is 7.40. The van der Waals surface area contributed by atoms with Crippen LogP contribution in [-0.4, -0.2) is 0 Å². The van der Waals surface area contributed by atoms with Gasteiger partial charge in [0.05, 0.1) is 6.04 Å². The minimum atomic E-state index is 0.337. The van der Waals surface area contributed by atoms with E-state index in [1.807, 2.05) is 0 Å². The van der Waals surface area contributed by atoms with Gasteiger partial charge in [-0.05, 0) is 46.7 Å². The molecule has 1 aliphatic carbocycles. The highest BCUT2D eigenvalue weighted by Crippen LogP contribution is 2.39. The maximum Gasteiger partial charge on any atom is 0.0581 e. The molecule has 0 radical (unpaired) electrons. The third-order valence-corrected chi connectivity index (χ3v) is 5.79. The fourth-order valence-electron chi connectivity index (χ4n) is 2.87. The van der Waals surface area contributed by atoms with E-state index in [1.54, 1.807) is 11.3 Å². The fourth-order valence-corrected chi connectivity index (χ4v) is 4.47. The molecule has 0 spiro atoms. The van der Waals surface area contributed by atoms with Gasteiger partial charge in [-0.25, -0.2) is 0 Å². The topological polar surface area (TPSA) is 38.0 Å². The molecule has 1 fully saturated rings. The zero-order chi connectivity index (χ0) is 12.3. The molecule has 4 heteroatoms. The third kappa shape index (κ3) is 3.31. The van der Waals surface area contributed by atoms with Crippen molar-refractivity contribution in [1.29, 1.82) is 0 Å². The Kier molecular flexibility index (Phi) is 5.03. The average Bonchev–Trinajstić information content (AvgIpc) is 2.78. The largest absolute Gasteiger partial charge is 0.271 e. The van der Waals surface area contributed by atoms with Crippen molar-refractivity contribution in [2.24, 2.45) is 17.7 Å². The van der Waals surface area contributed by atoms with E-state index in [4.69, 9.17) is 5.84 Å². The second kappa shape index (κ2) is 6.32. The molecule has 2 rings (SSSR count). The Bertz CT molecular complexity index is 345. The van der Waals surface area contributed by atoms with E-state index >= 15 is 0 Å². The Morgan fingerprint density at radius 1 is 1.47 bits per heavy atom. The number of nitrogens with two attached hydrogens (primary N) is 1. The zero-order valence-electron chi connectivity index (χ0n) is 10.3. The van der Waals surface area contributed by atoms with E-state index in [0.717, 1.165) is 5.92 Å². The quantitative estimate of drug-likeness (QED) is 0.644. The number of hydrogen-bond donors (Lipinski definition) is 2. The number of rotatable bonds is 4. The van der Waals surface area contributed by atoms with Gasteiger partial charge in [-0.15, -0.1) is 11.3 Å². The van der Waals surface area contributed by atoms with Crippen LogP contribution < -0.4 is 11.3 Å². The molecule has 1 unspecified atom stereocenters. The highest BCUT2D eigenvalue weighted by molar-refractivity contribution is 9.10. The predicted molar refractivity (Wildman–Crippen MR) is 77.8 cm³/mol. The van der Waals surface area contributed by atoms with Crippen molar-refractivity contribution in [3.05, 3.63) is 20.8 Å². The number of hydrazine groups is 1. The first kappa shape index (κ1) is 13.5. The second-order valence-electron chi connectivity index (χ2n) is 5.00. The molecule has 0 aliphatic heterocycles. The van der Waals surface area contributed by atoms with E-state index in [0.29, 0.717) is 12.0 Å². The molecule has 0 amide bonds. The van der Waals surface area contributed by atoms with E-state index < -0.39 is 0 Å². The standard InChI is InChI=1S/C13H21BrN2S/c1-2-9-3-5-10(6-4-9)13(16-15)12-7-11(14)8-17-12/h7-10,13,16H,2-6,15H2,1H3. The molecular formula is C13H21BrN2S. The van der Waals surface area contributed by atoms with Crippen LogP contribution in [0.4, 0.5) is 0 Å². The highest BCUT2D eigenvalue weighted by Gasteiger charge is 2.28. The molecule has 0 bridgehead atoms. The summed E-state index contributed by atoms with van der Waals surface area (Å²) >= 11 is 5.31. The van der Waals surface area contributed by atoms with Crippen molar-refractivity contribution in [3.63, 3.8) is 0 Å². The van der Waals surface area contributed by atoms with Crippen LogP contribution in [0.5, 0.6) is 0 Å². The molecular weight excluding hydrogens is 296 g/mol. The van der Waals surface area contributed by atoms with Gasteiger partial charge in [0.2, 0.25) is 0 Å². The molecule has 1 aliphatic rings. The molecule has 0 saturated heterocycles. The molecule has 1 aromatic heterocycles. The minimum absolute atomic E-state index is 0.337. The fraction of sp³-hybridized carbons (Fsp3) is 0.692. The van der Waals surface area contributed by atoms with E-state index in [9.17, 15) is 0 Å². The first-order chi connectivity index (χ1) is 8.24. The Balaban J connectivity index is 2.00. The molecule has 96 valence electrons. The minimum Gasteiger partial charge on any atom is -0.271 e. The second-order valence-corrected chi connectivity index (χ2v) is 6.86. The third-order valence-electron chi connectivity index (χ3n) is 4.01. The molecule has 2 nitrogen and oxygen atoms in total. The summed E-state index contributed by atoms with van der Waals surface area (Å²) in [5, 5.41) is 2.14. The maximum atomic E-state index is 5.75. The SMILES string of the molecule is CCC1CCC(C(NN)c2cc(Br)cs2)CC1. The molecule has 1 heterocycles. The van der Waals surface area contributed by atoms with Crippen LogP contribution in [-0.2, 0) is 0 Å². The first-order valence-electron chi connectivity index (χ1n) is 6.44. The van der Waals surface area contributed by atoms with Crippen LogP contribution in [0.15, 0.2) is 15.9 Å². The summed E-state index contributed by atoms with van der Waals surface area (Å²) in [7, 11) is 0. The van der Waals surface area contributed by atoms with Crippen LogP contribution in [0.3, 0.4) is 0 Å². The van der Waals surface area contributed by atoms with Gasteiger partial charge in [0.1, 0.15) is 0 Å². The van der Waals surface area contributed by atoms with Crippen LogP contribution in [0.1, 0.15) is 49.9 Å². The lowest BCUT2D eigenvalue weighted by atomic mass is 9.77. The Morgan fingerprint density at radius 2 is 2.18 bits per heavy atom. The van der Waals surface area contributed by atoms with Crippen LogP contribution in [0, 0.1) is 11.8 Å². The van der Waals surface area contributed by atoms with Crippen LogP contribution in [0.2, 0.25) is 0 Å². The van der Waals surface area contributed by atoms with Crippen molar-refractivity contribution in [2.75, 3.05) is 0 Å². The normalized spacial score (nSPS) is 27.0. The highest BCUT2D eigenvalue weighted by atomic mass is 79.9. The Hall–Kier alpha value is 0.1000. The monoisotopic (exact) mass is 316 g/mol. The van der Waals surface area contributed by atoms with Gasteiger partial charge in [-0.3, -0.25) is 11.3 Å². The van der Waals surface area contributed by atoms with E-state index in [2.05, 4.69) is 39.7 Å². The molecule has 1 saturated carbocycles. The summed E-state index contributed by atoms with van der Waals surface area (Å²) < 4.78 is 1.17. The molecule has 1 atom stereocenters. The Labute approximate surface area is 116 Å². The molecule has 1 aromatic rings. The van der Waals surface area contributed by atoms with Crippen LogP contribution >= 0.6 is 27.3 Å². The predicted octanol–water partition coefficient (Wildman–Crippen LogP) is 4.23. The smallest absolute Gasteiger partial charge is 0.0581 e. The van der Waals surface area contributed by atoms with Crippen molar-refractivity contribution < 1.29 is 0 Å². The van der Waals surface area contributed by atoms with Gasteiger partial charge in [0.15, 0.2) is 0 Å². The molecule has 3 N–H and O–H groups in total. The zero-order valence-corrected chi connectivity index (χ0v) is 12.7. The summed E-state index contributed by atoms with van der Waals surface area (Å²) in [6, 6.07) is 2.53. The summed E-state index contributed by atoms with van der Waals surface area (Å²) in [6.45, 7) is 2.31. The maximum absolute atomic E-state index is 5.75. The van der Waals surface area contributed by atoms with Gasteiger partial charge in [-0.1, -0.05) is 26.2 Å². The van der Waals surface area contributed by atoms with Gasteiger partial charge < -0.3 is 0 Å². The van der Waals surface area contributed by atoms with E-state index in [-0.39, 0.29) is 0 Å². The van der Waals surface area contributed by atoms with Gasteiger partial charge in [-0.2, -0.15) is 0 Å². The lowest BCUT2D eigenvalue weighted by molar-refractivity contribution is 0.221. The Morgan fingerprint density at radius 3 is 2.65 bits per heavy atom. The number of hydrogen-bond acceptors (Lipinski definition) is 3. The van der Waals surface area contributed by atoms with Gasteiger partial charge >= 0.3 is 0 Å². The van der Waals surface area contributed by atoms with Crippen molar-refractivity contribution in [1.82, 2.24) is 5.43 Å². The van der Waals surface area contributed by atoms with Gasteiger partial charge in [0, 0.05) is 14.7 Å². The van der Waals surface area contributed by atoms with Crippen molar-refractivity contribution in [2.45, 2.75) is 45.1 Å². The van der Waals surface area contributed by atoms with Crippen molar-refractivity contribution in [3.8, 4) is 0 Å². The lowest BCUT2D eigenvalue weighted by Gasteiger charge is -2.32. The van der Waals surface area contributed by atoms with E-state index in [1.165, 1.54) is 41.5 Å². The molecule has 0 aromatic carbocycles. The lowest BCUT2D eigenvalue weighted by Crippen LogP contribution is -2.34. The number of nitrogens with one attached hydrogen (secondary N) is 1. The average molecular weight is 317 g/mol. The van der Waals surface area contributed by atoms with Gasteiger partial charge in [0.25, 0.3) is 0 Å². The molecule has 17 heavy (non-hydrogen) atoms. The summed E-state index contributed by atoms with van der Waals surface area (Å²) in [5.41, 5.74) is 3.02. The summed E-state index contributed by atoms with van der Waals surface area (Å²) in [4.78, 5) is 1.36. The van der Waals surface area contributed by atoms with Crippen molar-refractivity contribution >= 4 is 27.3 Å². The first-order valence-corrected chi connectivity index (χ1v) is 8.12. The summed E-state index contributed by atoms with van der Waals surface area (Å²) in [6.07, 6.45) is 6.68. The number of halogens is 1.